The Morgan fingerprint density at radius 3 is 2.17 bits per heavy atom. The maximum absolute atomic E-state index is 5.59. The predicted molar refractivity (Wildman–Crippen MR) is 85.5 cm³/mol. The zero-order valence-electron chi connectivity index (χ0n) is 10.4. The second-order valence-corrected chi connectivity index (χ2v) is 6.98. The second kappa shape index (κ2) is 5.51. The number of rotatable bonds is 2. The van der Waals surface area contributed by atoms with Crippen LogP contribution in [-0.4, -0.2) is 0 Å². The van der Waals surface area contributed by atoms with Gasteiger partial charge in [-0.1, -0.05) is 47.8 Å². The fourth-order valence-electron chi connectivity index (χ4n) is 1.93. The van der Waals surface area contributed by atoms with Gasteiger partial charge in [0.1, 0.15) is 11.5 Å². The Morgan fingerprint density at radius 1 is 0.944 bits per heavy atom. The molecule has 0 aliphatic carbocycles. The van der Waals surface area contributed by atoms with Gasteiger partial charge in [0.25, 0.3) is 0 Å². The number of halogens is 3. The zero-order valence-corrected chi connectivity index (χ0v) is 15.1. The molecule has 0 saturated carbocycles. The molecule has 4 heteroatoms. The van der Waals surface area contributed by atoms with Crippen LogP contribution in [0.15, 0.2) is 31.6 Å². The van der Waals surface area contributed by atoms with E-state index in [0.29, 0.717) is 0 Å². The van der Waals surface area contributed by atoms with Gasteiger partial charge in [0.2, 0.25) is 0 Å². The lowest BCUT2D eigenvalue weighted by atomic mass is 10.0. The Morgan fingerprint density at radius 2 is 1.61 bits per heavy atom. The highest BCUT2D eigenvalue weighted by Gasteiger charge is 2.19. The molecule has 0 saturated heterocycles. The second-order valence-electron chi connectivity index (χ2n) is 4.35. The minimum atomic E-state index is 0.126. The molecule has 2 aromatic rings. The van der Waals surface area contributed by atoms with E-state index in [2.05, 4.69) is 72.9 Å². The summed E-state index contributed by atoms with van der Waals surface area (Å²) in [5, 5.41) is 0. The van der Waals surface area contributed by atoms with E-state index in [1.54, 1.807) is 0 Å². The largest absolute Gasteiger partial charge is 0.466 e. The van der Waals surface area contributed by atoms with E-state index in [9.17, 15) is 0 Å². The lowest BCUT2D eigenvalue weighted by molar-refractivity contribution is 0.502. The molecule has 1 heterocycles. The van der Waals surface area contributed by atoms with Crippen LogP contribution in [0.5, 0.6) is 0 Å². The van der Waals surface area contributed by atoms with Crippen LogP contribution < -0.4 is 0 Å². The van der Waals surface area contributed by atoms with Gasteiger partial charge in [-0.2, -0.15) is 0 Å². The first kappa shape index (κ1) is 14.4. The molecule has 0 spiro atoms. The van der Waals surface area contributed by atoms with Gasteiger partial charge < -0.3 is 4.42 Å². The van der Waals surface area contributed by atoms with E-state index in [1.807, 2.05) is 13.8 Å². The van der Waals surface area contributed by atoms with Crippen molar-refractivity contribution < 1.29 is 4.42 Å². The Balaban J connectivity index is 2.49. The lowest BCUT2D eigenvalue weighted by Crippen LogP contribution is -1.95. The van der Waals surface area contributed by atoms with E-state index in [-0.39, 0.29) is 4.83 Å². The average Bonchev–Trinajstić information content (AvgIpc) is 2.62. The topological polar surface area (TPSA) is 13.1 Å². The quantitative estimate of drug-likeness (QED) is 0.510. The normalized spacial score (nSPS) is 12.8. The molecule has 0 aliphatic heterocycles. The maximum atomic E-state index is 5.59. The van der Waals surface area contributed by atoms with Crippen LogP contribution in [0.4, 0.5) is 0 Å². The van der Waals surface area contributed by atoms with Gasteiger partial charge in [-0.15, -0.1) is 0 Å². The van der Waals surface area contributed by atoms with Crippen LogP contribution in [0.25, 0.3) is 0 Å². The standard InChI is InChI=1S/C14H13Br3O/c1-7-4-13(16)11(6-12(7)15)14(17)10-5-8(2)18-9(10)3/h4-6,14H,1-3H3. The summed E-state index contributed by atoms with van der Waals surface area (Å²) in [6, 6.07) is 6.34. The smallest absolute Gasteiger partial charge is 0.105 e. The number of hydrogen-bond donors (Lipinski definition) is 0. The number of furan rings is 1. The van der Waals surface area contributed by atoms with E-state index in [0.717, 1.165) is 20.5 Å². The van der Waals surface area contributed by atoms with Crippen LogP contribution in [0.1, 0.15) is 33.0 Å². The molecular formula is C14H13Br3O. The van der Waals surface area contributed by atoms with Crippen molar-refractivity contribution in [2.24, 2.45) is 0 Å². The molecule has 0 amide bonds. The molecule has 1 nitrogen and oxygen atoms in total. The summed E-state index contributed by atoms with van der Waals surface area (Å²) in [6.45, 7) is 6.04. The fraction of sp³-hybridized carbons (Fsp3) is 0.286. The maximum Gasteiger partial charge on any atom is 0.105 e. The lowest BCUT2D eigenvalue weighted by Gasteiger charge is -2.13. The Bertz CT molecular complexity index is 587. The van der Waals surface area contributed by atoms with Gasteiger partial charge in [0.15, 0.2) is 0 Å². The van der Waals surface area contributed by atoms with Gasteiger partial charge >= 0.3 is 0 Å². The van der Waals surface area contributed by atoms with E-state index in [1.165, 1.54) is 16.7 Å². The number of aryl methyl sites for hydroxylation is 3. The van der Waals surface area contributed by atoms with Gasteiger partial charge in [0.05, 0.1) is 4.83 Å². The van der Waals surface area contributed by atoms with Crippen molar-refractivity contribution in [3.8, 4) is 0 Å². The SMILES string of the molecule is Cc1cc(C(Br)c2cc(Br)c(C)cc2Br)c(C)o1. The molecule has 1 unspecified atom stereocenters. The van der Waals surface area contributed by atoms with Crippen molar-refractivity contribution in [3.63, 3.8) is 0 Å². The van der Waals surface area contributed by atoms with E-state index in [4.69, 9.17) is 4.42 Å². The average molecular weight is 437 g/mol. The minimum Gasteiger partial charge on any atom is -0.466 e. The van der Waals surface area contributed by atoms with Crippen molar-refractivity contribution in [1.29, 1.82) is 0 Å². The summed E-state index contributed by atoms with van der Waals surface area (Å²) in [4.78, 5) is 0.126. The van der Waals surface area contributed by atoms with Crippen molar-refractivity contribution in [3.05, 3.63) is 55.4 Å². The highest BCUT2D eigenvalue weighted by atomic mass is 79.9. The highest BCUT2D eigenvalue weighted by Crippen LogP contribution is 2.40. The summed E-state index contributed by atoms with van der Waals surface area (Å²) in [7, 11) is 0. The van der Waals surface area contributed by atoms with E-state index >= 15 is 0 Å². The Kier molecular flexibility index (Phi) is 4.40. The minimum absolute atomic E-state index is 0.126. The molecule has 0 radical (unpaired) electrons. The van der Waals surface area contributed by atoms with Crippen LogP contribution in [0.2, 0.25) is 0 Å². The molecule has 0 fully saturated rings. The summed E-state index contributed by atoms with van der Waals surface area (Å²) in [5.74, 6) is 1.90. The van der Waals surface area contributed by atoms with Crippen LogP contribution in [-0.2, 0) is 0 Å². The van der Waals surface area contributed by atoms with Gasteiger partial charge in [-0.3, -0.25) is 0 Å². The van der Waals surface area contributed by atoms with E-state index < -0.39 is 0 Å². The Labute approximate surface area is 132 Å². The molecule has 0 N–H and O–H groups in total. The number of hydrogen-bond acceptors (Lipinski definition) is 1. The number of alkyl halides is 1. The van der Waals surface area contributed by atoms with Crippen LogP contribution in [0, 0.1) is 20.8 Å². The third-order valence-corrected chi connectivity index (χ3v) is 5.43. The highest BCUT2D eigenvalue weighted by molar-refractivity contribution is 9.11. The predicted octanol–water partition coefficient (Wildman–Crippen LogP) is 6.21. The summed E-state index contributed by atoms with van der Waals surface area (Å²) in [6.07, 6.45) is 0. The first-order valence-corrected chi connectivity index (χ1v) is 8.07. The van der Waals surface area contributed by atoms with Gasteiger partial charge in [-0.05, 0) is 50.1 Å². The summed E-state index contributed by atoms with van der Waals surface area (Å²) >= 11 is 11.0. The third kappa shape index (κ3) is 2.75. The monoisotopic (exact) mass is 434 g/mol. The van der Waals surface area contributed by atoms with Crippen molar-refractivity contribution in [2.75, 3.05) is 0 Å². The van der Waals surface area contributed by atoms with Crippen molar-refractivity contribution >= 4 is 47.8 Å². The molecule has 0 aliphatic rings. The van der Waals surface area contributed by atoms with Gasteiger partial charge in [0, 0.05) is 14.5 Å². The third-order valence-electron chi connectivity index (χ3n) is 2.90. The Hall–Kier alpha value is -0.0600. The molecule has 1 aromatic carbocycles. The van der Waals surface area contributed by atoms with Crippen LogP contribution >= 0.6 is 47.8 Å². The zero-order chi connectivity index (χ0) is 13.4. The molecular weight excluding hydrogens is 424 g/mol. The van der Waals surface area contributed by atoms with Crippen molar-refractivity contribution in [1.82, 2.24) is 0 Å². The summed E-state index contributed by atoms with van der Waals surface area (Å²) in [5.41, 5.74) is 3.57. The first-order valence-electron chi connectivity index (χ1n) is 5.56. The van der Waals surface area contributed by atoms with Crippen molar-refractivity contribution in [2.45, 2.75) is 25.6 Å². The first-order chi connectivity index (χ1) is 8.40. The summed E-state index contributed by atoms with van der Waals surface area (Å²) < 4.78 is 7.81. The molecule has 2 rings (SSSR count). The molecule has 96 valence electrons. The molecule has 1 aromatic heterocycles. The van der Waals surface area contributed by atoms with Crippen LogP contribution in [0.3, 0.4) is 0 Å². The number of benzene rings is 1. The van der Waals surface area contributed by atoms with Gasteiger partial charge in [-0.25, -0.2) is 0 Å². The molecule has 0 bridgehead atoms. The fourth-order valence-corrected chi connectivity index (χ4v) is 4.11. The molecule has 18 heavy (non-hydrogen) atoms. The molecule has 1 atom stereocenters.